The molecule has 2 bridgehead atoms. The first-order valence-corrected chi connectivity index (χ1v) is 10.9. The number of benzene rings is 1. The minimum atomic E-state index is -0.630. The summed E-state index contributed by atoms with van der Waals surface area (Å²) in [4.78, 5) is 25.7. The van der Waals surface area contributed by atoms with Gasteiger partial charge in [0.2, 0.25) is 0 Å². The quantitative estimate of drug-likeness (QED) is 0.585. The number of hydrogen-bond donors (Lipinski definition) is 0. The molecule has 0 saturated heterocycles. The summed E-state index contributed by atoms with van der Waals surface area (Å²) in [5.41, 5.74) is 0.480. The molecule has 3 rings (SSSR count). The first kappa shape index (κ1) is 21.9. The monoisotopic (exact) mass is 400 g/mol. The summed E-state index contributed by atoms with van der Waals surface area (Å²) >= 11 is 0. The fourth-order valence-corrected chi connectivity index (χ4v) is 5.13. The first-order chi connectivity index (χ1) is 13.3. The summed E-state index contributed by atoms with van der Waals surface area (Å²) in [6.45, 7) is 15.7. The van der Waals surface area contributed by atoms with Crippen molar-refractivity contribution in [2.75, 3.05) is 0 Å². The van der Waals surface area contributed by atoms with Gasteiger partial charge in [-0.15, -0.1) is 0 Å². The van der Waals surface area contributed by atoms with E-state index in [9.17, 15) is 9.59 Å². The largest absolute Gasteiger partial charge is 0.456 e. The molecule has 4 heteroatoms. The number of rotatable bonds is 3. The average Bonchev–Trinajstić information content (AvgIpc) is 3.11. The molecular formula is C25H36O4. The van der Waals surface area contributed by atoms with Crippen LogP contribution in [0, 0.1) is 23.7 Å². The summed E-state index contributed by atoms with van der Waals surface area (Å²) < 4.78 is 11.2. The van der Waals surface area contributed by atoms with Crippen molar-refractivity contribution in [3.8, 4) is 0 Å². The van der Waals surface area contributed by atoms with Crippen molar-refractivity contribution in [1.29, 1.82) is 0 Å². The molecule has 5 unspecified atom stereocenters. The zero-order chi connectivity index (χ0) is 21.7. The van der Waals surface area contributed by atoms with E-state index in [1.54, 1.807) is 6.07 Å². The Bertz CT molecular complexity index is 794. The third-order valence-electron chi connectivity index (χ3n) is 6.61. The number of carbonyl (C=O) groups is 2. The summed E-state index contributed by atoms with van der Waals surface area (Å²) in [5.74, 6) is 2.35. The number of ether oxygens (including phenoxy) is 2. The molecule has 2 aliphatic carbocycles. The lowest BCUT2D eigenvalue weighted by atomic mass is 9.73. The zero-order valence-electron chi connectivity index (χ0n) is 19.2. The van der Waals surface area contributed by atoms with Crippen molar-refractivity contribution in [2.24, 2.45) is 23.7 Å². The Kier molecular flexibility index (Phi) is 5.61. The lowest BCUT2D eigenvalue weighted by Gasteiger charge is -2.32. The van der Waals surface area contributed by atoms with Crippen LogP contribution < -0.4 is 0 Å². The Balaban J connectivity index is 1.96. The maximum atomic E-state index is 13.0. The second-order valence-electron chi connectivity index (χ2n) is 11.0. The summed E-state index contributed by atoms with van der Waals surface area (Å²) in [7, 11) is 0. The van der Waals surface area contributed by atoms with Gasteiger partial charge >= 0.3 is 11.9 Å². The Hall–Kier alpha value is -1.84. The van der Waals surface area contributed by atoms with E-state index >= 15 is 0 Å². The second-order valence-corrected chi connectivity index (χ2v) is 11.0. The van der Waals surface area contributed by atoms with Crippen molar-refractivity contribution in [2.45, 2.75) is 85.4 Å². The van der Waals surface area contributed by atoms with Crippen LogP contribution >= 0.6 is 0 Å². The predicted octanol–water partition coefficient (Wildman–Crippen LogP) is 5.99. The van der Waals surface area contributed by atoms with Gasteiger partial charge in [-0.25, -0.2) is 9.59 Å². The van der Waals surface area contributed by atoms with Gasteiger partial charge in [0, 0.05) is 0 Å². The molecule has 0 spiro atoms. The van der Waals surface area contributed by atoms with E-state index in [4.69, 9.17) is 9.47 Å². The van der Waals surface area contributed by atoms with Crippen LogP contribution in [0.1, 0.15) is 100 Å². The first-order valence-electron chi connectivity index (χ1n) is 10.9. The molecular weight excluding hydrogens is 364 g/mol. The topological polar surface area (TPSA) is 52.6 Å². The molecule has 1 aromatic carbocycles. The van der Waals surface area contributed by atoms with Crippen LogP contribution in [0.3, 0.4) is 0 Å². The average molecular weight is 401 g/mol. The van der Waals surface area contributed by atoms with Crippen LogP contribution in [0.15, 0.2) is 18.2 Å². The maximum absolute atomic E-state index is 13.0. The molecule has 0 amide bonds. The van der Waals surface area contributed by atoms with Crippen molar-refractivity contribution >= 4 is 11.9 Å². The van der Waals surface area contributed by atoms with Crippen LogP contribution in [0.5, 0.6) is 0 Å². The predicted molar refractivity (Wildman–Crippen MR) is 114 cm³/mol. The van der Waals surface area contributed by atoms with Crippen molar-refractivity contribution in [3.63, 3.8) is 0 Å². The van der Waals surface area contributed by atoms with Gasteiger partial charge in [0.15, 0.2) is 0 Å². The van der Waals surface area contributed by atoms with E-state index < -0.39 is 23.1 Å². The number of fused-ring (bicyclic) bond motifs is 2. The molecule has 2 saturated carbocycles. The molecule has 1 aromatic rings. The van der Waals surface area contributed by atoms with Gasteiger partial charge in [0.1, 0.15) is 11.2 Å². The molecule has 0 N–H and O–H groups in total. The van der Waals surface area contributed by atoms with Gasteiger partial charge in [0.05, 0.1) is 11.1 Å². The fourth-order valence-electron chi connectivity index (χ4n) is 5.13. The molecule has 160 valence electrons. The molecule has 2 aliphatic rings. The normalized spacial score (nSPS) is 29.0. The highest BCUT2D eigenvalue weighted by atomic mass is 16.6. The molecule has 4 nitrogen and oxygen atoms in total. The highest BCUT2D eigenvalue weighted by Crippen LogP contribution is 2.58. The SMILES string of the molecule is CC1C2CC(c3ccc(C(=O)OC(C)(C)C)c(C(=O)OC(C)(C)C)c3)C(C2)C1C. The summed E-state index contributed by atoms with van der Waals surface area (Å²) in [6, 6.07) is 5.65. The van der Waals surface area contributed by atoms with Gasteiger partial charge in [0.25, 0.3) is 0 Å². The van der Waals surface area contributed by atoms with E-state index in [1.807, 2.05) is 53.7 Å². The number of carbonyl (C=O) groups excluding carboxylic acids is 2. The van der Waals surface area contributed by atoms with Crippen molar-refractivity contribution < 1.29 is 19.1 Å². The van der Waals surface area contributed by atoms with E-state index in [0.717, 1.165) is 23.8 Å². The summed E-state index contributed by atoms with van der Waals surface area (Å²) in [6.07, 6.45) is 2.43. The molecule has 0 aromatic heterocycles. The van der Waals surface area contributed by atoms with Gasteiger partial charge in [-0.2, -0.15) is 0 Å². The van der Waals surface area contributed by atoms with Crippen molar-refractivity contribution in [1.82, 2.24) is 0 Å². The molecule has 29 heavy (non-hydrogen) atoms. The Morgan fingerprint density at radius 1 is 0.828 bits per heavy atom. The molecule has 0 heterocycles. The Morgan fingerprint density at radius 2 is 1.38 bits per heavy atom. The Morgan fingerprint density at radius 3 is 1.86 bits per heavy atom. The maximum Gasteiger partial charge on any atom is 0.339 e. The van der Waals surface area contributed by atoms with E-state index in [0.29, 0.717) is 23.3 Å². The minimum absolute atomic E-state index is 0.280. The highest BCUT2D eigenvalue weighted by molar-refractivity contribution is 6.03. The van der Waals surface area contributed by atoms with Gasteiger partial charge in [-0.3, -0.25) is 0 Å². The van der Waals surface area contributed by atoms with Crippen LogP contribution in [0.2, 0.25) is 0 Å². The van der Waals surface area contributed by atoms with Gasteiger partial charge in [-0.05, 0) is 102 Å². The second kappa shape index (κ2) is 7.45. The van der Waals surface area contributed by atoms with Crippen LogP contribution in [0.25, 0.3) is 0 Å². The number of esters is 2. The Labute approximate surface area is 175 Å². The van der Waals surface area contributed by atoms with E-state index in [-0.39, 0.29) is 5.56 Å². The van der Waals surface area contributed by atoms with Crippen molar-refractivity contribution in [3.05, 3.63) is 34.9 Å². The van der Waals surface area contributed by atoms with Gasteiger partial charge < -0.3 is 9.47 Å². The lowest BCUT2D eigenvalue weighted by molar-refractivity contribution is 0.00185. The zero-order valence-corrected chi connectivity index (χ0v) is 19.2. The molecule has 2 fully saturated rings. The van der Waals surface area contributed by atoms with Crippen LogP contribution in [-0.2, 0) is 9.47 Å². The minimum Gasteiger partial charge on any atom is -0.456 e. The third kappa shape index (κ3) is 4.67. The van der Waals surface area contributed by atoms with E-state index in [1.165, 1.54) is 6.42 Å². The molecule has 0 radical (unpaired) electrons. The van der Waals surface area contributed by atoms with Crippen LogP contribution in [0.4, 0.5) is 0 Å². The van der Waals surface area contributed by atoms with Crippen LogP contribution in [-0.4, -0.2) is 23.1 Å². The molecule has 0 aliphatic heterocycles. The lowest BCUT2D eigenvalue weighted by Crippen LogP contribution is -2.28. The van der Waals surface area contributed by atoms with E-state index in [2.05, 4.69) is 13.8 Å². The molecule has 5 atom stereocenters. The summed E-state index contributed by atoms with van der Waals surface area (Å²) in [5, 5.41) is 0. The standard InChI is InChI=1S/C25H36O4/c1-14-15(2)19-12-17(14)13-20(19)16-9-10-18(22(26)28-24(3,4)5)21(11-16)23(27)29-25(6,7)8/h9-11,14-15,17,19-20H,12-13H2,1-8H3. The number of hydrogen-bond acceptors (Lipinski definition) is 4. The third-order valence-corrected chi connectivity index (χ3v) is 6.61. The highest BCUT2D eigenvalue weighted by Gasteiger charge is 2.49. The fraction of sp³-hybridized carbons (Fsp3) is 0.680. The van der Waals surface area contributed by atoms with Gasteiger partial charge in [-0.1, -0.05) is 19.9 Å². The smallest absolute Gasteiger partial charge is 0.339 e.